The van der Waals surface area contributed by atoms with E-state index in [1.165, 1.54) is 0 Å². The van der Waals surface area contributed by atoms with Crippen LogP contribution in [0.25, 0.3) is 0 Å². The minimum absolute atomic E-state index is 0.615. The van der Waals surface area contributed by atoms with E-state index in [1.807, 2.05) is 6.07 Å². The average Bonchev–Trinajstić information content (AvgIpc) is 2.14. The van der Waals surface area contributed by atoms with Crippen LogP contribution >= 0.6 is 31.9 Å². The van der Waals surface area contributed by atoms with Gasteiger partial charge in [-0.1, -0.05) is 0 Å². The number of nitrogens with one attached hydrogen (secondary N) is 1. The van der Waals surface area contributed by atoms with Gasteiger partial charge in [-0.3, -0.25) is 0 Å². The molecule has 0 aliphatic heterocycles. The van der Waals surface area contributed by atoms with Gasteiger partial charge >= 0.3 is 0 Å². The first-order chi connectivity index (χ1) is 4.74. The summed E-state index contributed by atoms with van der Waals surface area (Å²) in [6.45, 7) is 0.615. The van der Waals surface area contributed by atoms with E-state index >= 15 is 0 Å². The standard InChI is InChI=1S/C6H7Br2NO/c1-10-3-4-2-5(7)6(8)9-4/h2,9H,3H2,1H3. The van der Waals surface area contributed by atoms with Crippen molar-refractivity contribution in [3.63, 3.8) is 0 Å². The fraction of sp³-hybridized carbons (Fsp3) is 0.333. The molecular formula is C6H7Br2NO. The minimum atomic E-state index is 0.615. The van der Waals surface area contributed by atoms with Crippen molar-refractivity contribution >= 4 is 31.9 Å². The summed E-state index contributed by atoms with van der Waals surface area (Å²) in [6.07, 6.45) is 0. The summed E-state index contributed by atoms with van der Waals surface area (Å²) in [5.74, 6) is 0. The lowest BCUT2D eigenvalue weighted by Crippen LogP contribution is -1.85. The summed E-state index contributed by atoms with van der Waals surface area (Å²) in [5.41, 5.74) is 1.06. The molecule has 0 radical (unpaired) electrons. The molecule has 10 heavy (non-hydrogen) atoms. The maximum absolute atomic E-state index is 4.92. The lowest BCUT2D eigenvalue weighted by atomic mass is 10.5. The van der Waals surface area contributed by atoms with Crippen molar-refractivity contribution in [2.45, 2.75) is 6.61 Å². The van der Waals surface area contributed by atoms with Crippen LogP contribution in [-0.2, 0) is 11.3 Å². The van der Waals surface area contributed by atoms with Crippen LogP contribution in [0.1, 0.15) is 5.69 Å². The molecule has 0 unspecified atom stereocenters. The summed E-state index contributed by atoms with van der Waals surface area (Å²) < 4.78 is 6.91. The second kappa shape index (κ2) is 3.55. The van der Waals surface area contributed by atoms with Gasteiger partial charge in [0, 0.05) is 12.8 Å². The molecule has 1 N–H and O–H groups in total. The SMILES string of the molecule is COCc1cc(Br)c(Br)[nH]1. The van der Waals surface area contributed by atoms with Crippen LogP contribution in [0.5, 0.6) is 0 Å². The maximum atomic E-state index is 4.92. The Morgan fingerprint density at radius 1 is 1.60 bits per heavy atom. The quantitative estimate of drug-likeness (QED) is 0.877. The topological polar surface area (TPSA) is 25.0 Å². The minimum Gasteiger partial charge on any atom is -0.378 e. The van der Waals surface area contributed by atoms with Gasteiger partial charge in [0.25, 0.3) is 0 Å². The fourth-order valence-electron chi connectivity index (χ4n) is 0.686. The van der Waals surface area contributed by atoms with Crippen LogP contribution in [0.3, 0.4) is 0 Å². The van der Waals surface area contributed by atoms with Gasteiger partial charge in [0.1, 0.15) is 0 Å². The van der Waals surface area contributed by atoms with E-state index in [1.54, 1.807) is 7.11 Å². The first-order valence-corrected chi connectivity index (χ1v) is 4.34. The van der Waals surface area contributed by atoms with Gasteiger partial charge in [-0.15, -0.1) is 0 Å². The molecule has 0 atom stereocenters. The van der Waals surface area contributed by atoms with Crippen LogP contribution in [0.15, 0.2) is 15.1 Å². The number of H-pyrrole nitrogens is 1. The molecule has 0 fully saturated rings. The summed E-state index contributed by atoms with van der Waals surface area (Å²) >= 11 is 6.68. The Hall–Kier alpha value is 0.200. The lowest BCUT2D eigenvalue weighted by Gasteiger charge is -1.91. The van der Waals surface area contributed by atoms with Crippen molar-refractivity contribution in [2.24, 2.45) is 0 Å². The van der Waals surface area contributed by atoms with Gasteiger partial charge in [0.2, 0.25) is 0 Å². The Kier molecular flexibility index (Phi) is 2.95. The van der Waals surface area contributed by atoms with E-state index in [0.717, 1.165) is 14.8 Å². The molecule has 1 rings (SSSR count). The number of halogens is 2. The zero-order chi connectivity index (χ0) is 7.56. The van der Waals surface area contributed by atoms with Crippen LogP contribution < -0.4 is 0 Å². The van der Waals surface area contributed by atoms with E-state index in [2.05, 4.69) is 36.8 Å². The Morgan fingerprint density at radius 2 is 2.30 bits per heavy atom. The molecule has 0 aliphatic carbocycles. The molecule has 0 saturated carbocycles. The van der Waals surface area contributed by atoms with Crippen molar-refractivity contribution in [3.05, 3.63) is 20.8 Å². The summed E-state index contributed by atoms with van der Waals surface area (Å²) in [6, 6.07) is 1.98. The predicted octanol–water partition coefficient (Wildman–Crippen LogP) is 2.69. The second-order valence-corrected chi connectivity index (χ2v) is 3.54. The summed E-state index contributed by atoms with van der Waals surface area (Å²) in [5, 5.41) is 0. The molecule has 0 aromatic carbocycles. The summed E-state index contributed by atoms with van der Waals surface area (Å²) in [4.78, 5) is 3.09. The number of aromatic amines is 1. The highest BCUT2D eigenvalue weighted by atomic mass is 79.9. The average molecular weight is 269 g/mol. The summed E-state index contributed by atoms with van der Waals surface area (Å²) in [7, 11) is 1.67. The van der Waals surface area contributed by atoms with Gasteiger partial charge < -0.3 is 9.72 Å². The fourth-order valence-corrected chi connectivity index (χ4v) is 1.43. The third-order valence-electron chi connectivity index (χ3n) is 1.08. The molecule has 1 aromatic rings. The largest absolute Gasteiger partial charge is 0.378 e. The van der Waals surface area contributed by atoms with E-state index in [4.69, 9.17) is 4.74 Å². The molecular weight excluding hydrogens is 262 g/mol. The molecule has 56 valence electrons. The van der Waals surface area contributed by atoms with Crippen molar-refractivity contribution in [1.29, 1.82) is 0 Å². The molecule has 4 heteroatoms. The number of hydrogen-bond donors (Lipinski definition) is 1. The van der Waals surface area contributed by atoms with Gasteiger partial charge in [0.05, 0.1) is 15.7 Å². The Labute approximate surface area is 76.2 Å². The van der Waals surface area contributed by atoms with Crippen LogP contribution in [-0.4, -0.2) is 12.1 Å². The van der Waals surface area contributed by atoms with Gasteiger partial charge in [-0.05, 0) is 37.9 Å². The van der Waals surface area contributed by atoms with Crippen molar-refractivity contribution in [3.8, 4) is 0 Å². The van der Waals surface area contributed by atoms with Crippen molar-refractivity contribution < 1.29 is 4.74 Å². The van der Waals surface area contributed by atoms with Crippen LogP contribution in [0.2, 0.25) is 0 Å². The molecule has 0 spiro atoms. The highest BCUT2D eigenvalue weighted by molar-refractivity contribution is 9.13. The Balaban J connectivity index is 2.77. The number of methoxy groups -OCH3 is 1. The number of hydrogen-bond acceptors (Lipinski definition) is 1. The normalized spacial score (nSPS) is 10.3. The number of ether oxygens (including phenoxy) is 1. The third-order valence-corrected chi connectivity index (χ3v) is 2.86. The monoisotopic (exact) mass is 267 g/mol. The van der Waals surface area contributed by atoms with Gasteiger partial charge in [0.15, 0.2) is 0 Å². The van der Waals surface area contributed by atoms with Crippen molar-refractivity contribution in [1.82, 2.24) is 4.98 Å². The second-order valence-electron chi connectivity index (χ2n) is 1.89. The molecule has 1 heterocycles. The van der Waals surface area contributed by atoms with Gasteiger partial charge in [-0.2, -0.15) is 0 Å². The molecule has 1 aromatic heterocycles. The Morgan fingerprint density at radius 3 is 2.70 bits per heavy atom. The van der Waals surface area contributed by atoms with Gasteiger partial charge in [-0.25, -0.2) is 0 Å². The van der Waals surface area contributed by atoms with E-state index < -0.39 is 0 Å². The van der Waals surface area contributed by atoms with Crippen molar-refractivity contribution in [2.75, 3.05) is 7.11 Å². The first kappa shape index (κ1) is 8.30. The smallest absolute Gasteiger partial charge is 0.0967 e. The Bertz CT molecular complexity index is 202. The molecule has 0 aliphatic rings. The highest BCUT2D eigenvalue weighted by Gasteiger charge is 2.00. The molecule has 0 saturated heterocycles. The predicted molar refractivity (Wildman–Crippen MR) is 46.9 cm³/mol. The number of aromatic nitrogens is 1. The van der Waals surface area contributed by atoms with E-state index in [-0.39, 0.29) is 0 Å². The van der Waals surface area contributed by atoms with E-state index in [0.29, 0.717) is 6.61 Å². The highest BCUT2D eigenvalue weighted by Crippen LogP contribution is 2.23. The molecule has 0 bridgehead atoms. The maximum Gasteiger partial charge on any atom is 0.0967 e. The lowest BCUT2D eigenvalue weighted by molar-refractivity contribution is 0.182. The molecule has 2 nitrogen and oxygen atoms in total. The van der Waals surface area contributed by atoms with E-state index in [9.17, 15) is 0 Å². The first-order valence-electron chi connectivity index (χ1n) is 2.76. The third kappa shape index (κ3) is 1.84. The van der Waals surface area contributed by atoms with Crippen LogP contribution in [0.4, 0.5) is 0 Å². The zero-order valence-corrected chi connectivity index (χ0v) is 8.62. The zero-order valence-electron chi connectivity index (χ0n) is 5.45. The van der Waals surface area contributed by atoms with Crippen LogP contribution in [0, 0.1) is 0 Å². The number of rotatable bonds is 2. The molecule has 0 amide bonds.